The van der Waals surface area contributed by atoms with E-state index in [1.807, 2.05) is 0 Å². The molecule has 0 heterocycles. The molecular weight excluding hydrogens is 276 g/mol. The Labute approximate surface area is 123 Å². The number of hydrogen-bond donors (Lipinski definition) is 0. The number of benzene rings is 1. The van der Waals surface area contributed by atoms with E-state index in [1.165, 1.54) is 17.8 Å². The van der Waals surface area contributed by atoms with Crippen LogP contribution < -0.4 is 0 Å². The molecule has 1 aliphatic rings. The Bertz CT molecular complexity index is 498. The SMILES string of the molecule is CCCC1CCC(C#N)C(Sc2cc(F)ccc2F)C1. The molecule has 0 aliphatic heterocycles. The van der Waals surface area contributed by atoms with E-state index in [9.17, 15) is 14.0 Å². The molecule has 1 nitrogen and oxygen atoms in total. The second-order valence-corrected chi connectivity index (χ2v) is 6.72. The highest BCUT2D eigenvalue weighted by molar-refractivity contribution is 8.00. The molecule has 0 saturated heterocycles. The largest absolute Gasteiger partial charge is 0.207 e. The first kappa shape index (κ1) is 15.3. The third kappa shape index (κ3) is 3.73. The number of halogens is 2. The summed E-state index contributed by atoms with van der Waals surface area (Å²) in [6.07, 6.45) is 5.16. The van der Waals surface area contributed by atoms with Crippen molar-refractivity contribution in [2.75, 3.05) is 0 Å². The van der Waals surface area contributed by atoms with Gasteiger partial charge in [0.2, 0.25) is 0 Å². The molecule has 1 fully saturated rings. The van der Waals surface area contributed by atoms with Crippen LogP contribution in [0.4, 0.5) is 8.78 Å². The minimum Gasteiger partial charge on any atom is -0.207 e. The summed E-state index contributed by atoms with van der Waals surface area (Å²) in [6.45, 7) is 2.16. The van der Waals surface area contributed by atoms with Gasteiger partial charge in [-0.05, 0) is 43.4 Å². The number of nitrogens with zero attached hydrogens (tertiary/aromatic N) is 1. The van der Waals surface area contributed by atoms with Crippen molar-refractivity contribution < 1.29 is 8.78 Å². The van der Waals surface area contributed by atoms with Gasteiger partial charge < -0.3 is 0 Å². The Morgan fingerprint density at radius 1 is 1.35 bits per heavy atom. The quantitative estimate of drug-likeness (QED) is 0.765. The first-order valence-electron chi connectivity index (χ1n) is 7.15. The number of thioether (sulfide) groups is 1. The molecule has 0 aromatic heterocycles. The van der Waals surface area contributed by atoms with E-state index in [0.29, 0.717) is 10.8 Å². The average molecular weight is 295 g/mol. The maximum atomic E-state index is 13.7. The van der Waals surface area contributed by atoms with E-state index < -0.39 is 11.6 Å². The Morgan fingerprint density at radius 3 is 2.85 bits per heavy atom. The maximum Gasteiger partial charge on any atom is 0.136 e. The second-order valence-electron chi connectivity index (χ2n) is 5.43. The van der Waals surface area contributed by atoms with Crippen LogP contribution >= 0.6 is 11.8 Å². The van der Waals surface area contributed by atoms with Crippen LogP contribution in [-0.2, 0) is 0 Å². The molecule has 1 saturated carbocycles. The zero-order valence-corrected chi connectivity index (χ0v) is 12.4. The molecule has 1 aromatic carbocycles. The normalized spacial score (nSPS) is 26.2. The van der Waals surface area contributed by atoms with Gasteiger partial charge in [0.25, 0.3) is 0 Å². The smallest absolute Gasteiger partial charge is 0.136 e. The van der Waals surface area contributed by atoms with Crippen LogP contribution in [0.2, 0.25) is 0 Å². The summed E-state index contributed by atoms with van der Waals surface area (Å²) in [6, 6.07) is 5.85. The zero-order valence-electron chi connectivity index (χ0n) is 11.6. The number of nitriles is 1. The van der Waals surface area contributed by atoms with Gasteiger partial charge in [0.1, 0.15) is 11.6 Å². The first-order chi connectivity index (χ1) is 9.63. The summed E-state index contributed by atoms with van der Waals surface area (Å²) in [5.41, 5.74) is 0. The molecule has 3 atom stereocenters. The summed E-state index contributed by atoms with van der Waals surface area (Å²) in [5.74, 6) is -0.275. The Kier molecular flexibility index (Phi) is 5.42. The Balaban J connectivity index is 2.11. The highest BCUT2D eigenvalue weighted by atomic mass is 32.2. The fourth-order valence-electron chi connectivity index (χ4n) is 2.89. The van der Waals surface area contributed by atoms with Crippen LogP contribution in [0.5, 0.6) is 0 Å². The van der Waals surface area contributed by atoms with E-state index in [-0.39, 0.29) is 11.2 Å². The summed E-state index contributed by atoms with van der Waals surface area (Å²) in [4.78, 5) is 0.326. The average Bonchev–Trinajstić information content (AvgIpc) is 2.44. The van der Waals surface area contributed by atoms with Crippen LogP contribution in [-0.4, -0.2) is 5.25 Å². The lowest BCUT2D eigenvalue weighted by Crippen LogP contribution is -2.26. The molecule has 1 aliphatic carbocycles. The van der Waals surface area contributed by atoms with Crippen LogP contribution in [0.15, 0.2) is 23.1 Å². The van der Waals surface area contributed by atoms with Crippen LogP contribution in [0.3, 0.4) is 0 Å². The predicted molar refractivity (Wildman–Crippen MR) is 77.4 cm³/mol. The fraction of sp³-hybridized carbons (Fsp3) is 0.562. The molecule has 1 aromatic rings. The lowest BCUT2D eigenvalue weighted by atomic mass is 9.80. The lowest BCUT2D eigenvalue weighted by molar-refractivity contribution is 0.306. The van der Waals surface area contributed by atoms with Crippen molar-refractivity contribution in [1.29, 1.82) is 5.26 Å². The summed E-state index contributed by atoms with van der Waals surface area (Å²) >= 11 is 1.33. The van der Waals surface area contributed by atoms with Crippen molar-refractivity contribution in [1.82, 2.24) is 0 Å². The summed E-state index contributed by atoms with van der Waals surface area (Å²) in [5, 5.41) is 9.32. The van der Waals surface area contributed by atoms with Gasteiger partial charge in [-0.25, -0.2) is 8.78 Å². The van der Waals surface area contributed by atoms with Crippen molar-refractivity contribution >= 4 is 11.8 Å². The molecule has 2 rings (SSSR count). The van der Waals surface area contributed by atoms with Gasteiger partial charge in [-0.1, -0.05) is 19.8 Å². The Morgan fingerprint density at radius 2 is 2.15 bits per heavy atom. The number of hydrogen-bond acceptors (Lipinski definition) is 2. The number of rotatable bonds is 4. The molecule has 0 amide bonds. The molecule has 0 bridgehead atoms. The van der Waals surface area contributed by atoms with Crippen LogP contribution in [0, 0.1) is 34.8 Å². The lowest BCUT2D eigenvalue weighted by Gasteiger charge is -2.32. The van der Waals surface area contributed by atoms with E-state index in [4.69, 9.17) is 0 Å². The molecule has 4 heteroatoms. The molecule has 0 N–H and O–H groups in total. The minimum absolute atomic E-state index is 0.0595. The summed E-state index contributed by atoms with van der Waals surface area (Å²) < 4.78 is 27.0. The standard InChI is InChI=1S/C16H19F2NS/c1-2-3-11-4-5-12(10-19)15(8-11)20-16-9-13(17)6-7-14(16)18/h6-7,9,11-12,15H,2-5,8H2,1H3. The molecule has 0 radical (unpaired) electrons. The molecule has 20 heavy (non-hydrogen) atoms. The van der Waals surface area contributed by atoms with Crippen molar-refractivity contribution in [2.24, 2.45) is 11.8 Å². The zero-order chi connectivity index (χ0) is 14.5. The van der Waals surface area contributed by atoms with Gasteiger partial charge in [0, 0.05) is 10.1 Å². The maximum absolute atomic E-state index is 13.7. The topological polar surface area (TPSA) is 23.8 Å². The van der Waals surface area contributed by atoms with Gasteiger partial charge in [0.15, 0.2) is 0 Å². The van der Waals surface area contributed by atoms with Crippen LogP contribution in [0.1, 0.15) is 39.0 Å². The monoisotopic (exact) mass is 295 g/mol. The molecular formula is C16H19F2NS. The van der Waals surface area contributed by atoms with Crippen molar-refractivity contribution in [3.8, 4) is 6.07 Å². The molecule has 0 spiro atoms. The van der Waals surface area contributed by atoms with E-state index in [2.05, 4.69) is 13.0 Å². The molecule has 3 unspecified atom stereocenters. The highest BCUT2D eigenvalue weighted by Crippen LogP contribution is 2.41. The molecule has 108 valence electrons. The minimum atomic E-state index is -0.427. The van der Waals surface area contributed by atoms with Gasteiger partial charge >= 0.3 is 0 Å². The predicted octanol–water partition coefficient (Wildman–Crippen LogP) is 5.17. The van der Waals surface area contributed by atoms with E-state index in [1.54, 1.807) is 0 Å². The Hall–Kier alpha value is -1.08. The van der Waals surface area contributed by atoms with Gasteiger partial charge in [0.05, 0.1) is 12.0 Å². The van der Waals surface area contributed by atoms with Crippen LogP contribution in [0.25, 0.3) is 0 Å². The van der Waals surface area contributed by atoms with E-state index in [0.717, 1.165) is 44.2 Å². The summed E-state index contributed by atoms with van der Waals surface area (Å²) in [7, 11) is 0. The van der Waals surface area contributed by atoms with Gasteiger partial charge in [-0.15, -0.1) is 11.8 Å². The van der Waals surface area contributed by atoms with E-state index >= 15 is 0 Å². The first-order valence-corrected chi connectivity index (χ1v) is 8.03. The third-order valence-corrected chi connectivity index (χ3v) is 5.33. The fourth-order valence-corrected chi connectivity index (χ4v) is 4.31. The highest BCUT2D eigenvalue weighted by Gasteiger charge is 2.31. The van der Waals surface area contributed by atoms with Gasteiger partial charge in [-0.3, -0.25) is 0 Å². The third-order valence-electron chi connectivity index (χ3n) is 3.93. The van der Waals surface area contributed by atoms with Crippen molar-refractivity contribution in [3.63, 3.8) is 0 Å². The van der Waals surface area contributed by atoms with Crippen molar-refractivity contribution in [3.05, 3.63) is 29.8 Å². The van der Waals surface area contributed by atoms with Crippen molar-refractivity contribution in [2.45, 2.75) is 49.2 Å². The van der Waals surface area contributed by atoms with Gasteiger partial charge in [-0.2, -0.15) is 5.26 Å². The second kappa shape index (κ2) is 7.08.